The summed E-state index contributed by atoms with van der Waals surface area (Å²) in [6.45, 7) is 13.5. The second-order valence-corrected chi connectivity index (χ2v) is 39.4. The van der Waals surface area contributed by atoms with Crippen molar-refractivity contribution in [1.29, 1.82) is 0 Å². The Morgan fingerprint density at radius 3 is 0.824 bits per heavy atom. The van der Waals surface area contributed by atoms with Crippen LogP contribution in [0.25, 0.3) is 72.9 Å². The van der Waals surface area contributed by atoms with Crippen molar-refractivity contribution in [3.05, 3.63) is 80.7 Å². The van der Waals surface area contributed by atoms with Crippen LogP contribution in [0.4, 0.5) is 8.78 Å². The fraction of sp³-hybridized carbons (Fsp3) is 0.708. The Hall–Kier alpha value is -3.26. The molecule has 2 aliphatic carbocycles. The van der Waals surface area contributed by atoms with E-state index in [4.69, 9.17) is 17.5 Å². The molecule has 598 valence electrons. The van der Waals surface area contributed by atoms with E-state index in [1.54, 1.807) is 34.3 Å². The molecule has 0 aliphatic heterocycles. The maximum atomic E-state index is 18.3. The monoisotopic (exact) mass is 1580 g/mol. The number of rotatable bonds is 63. The number of benzene rings is 2. The fourth-order valence-electron chi connectivity index (χ4n) is 18.9. The third kappa shape index (κ3) is 24.4. The molecule has 0 radical (unpaired) electrons. The zero-order valence-electron chi connectivity index (χ0n) is 68.9. The number of hydrogen-bond donors (Lipinski definition) is 0. The zero-order valence-corrected chi connectivity index (χ0v) is 73.8. The van der Waals surface area contributed by atoms with Crippen LogP contribution in [0.15, 0.2) is 36.4 Å². The number of nitrogens with zero attached hydrogens (tertiary/aromatic N) is 4. The molecule has 12 heteroatoms. The molecular formula is C96H144F2N4S6. The van der Waals surface area contributed by atoms with Crippen molar-refractivity contribution >= 4 is 90.9 Å². The molecule has 0 fully saturated rings. The van der Waals surface area contributed by atoms with E-state index in [9.17, 15) is 0 Å². The predicted octanol–water partition coefficient (Wildman–Crippen LogP) is 35.9. The van der Waals surface area contributed by atoms with E-state index in [-0.39, 0.29) is 22.5 Å². The average Bonchev–Trinajstić information content (AvgIpc) is 1.55. The van der Waals surface area contributed by atoms with Gasteiger partial charge in [0.1, 0.15) is 33.7 Å². The highest BCUT2D eigenvalue weighted by Crippen LogP contribution is 2.64. The second-order valence-electron chi connectivity index (χ2n) is 34.0. The average molecular weight is 1580 g/mol. The van der Waals surface area contributed by atoms with Crippen molar-refractivity contribution in [3.63, 3.8) is 0 Å². The number of fused-ring (bicyclic) bond motifs is 8. The Kier molecular flexibility index (Phi) is 38.9. The van der Waals surface area contributed by atoms with Crippen molar-refractivity contribution in [2.75, 3.05) is 0 Å². The first-order valence-corrected chi connectivity index (χ1v) is 50.3. The summed E-state index contributed by atoms with van der Waals surface area (Å²) in [5.41, 5.74) is 11.3. The van der Waals surface area contributed by atoms with Gasteiger partial charge in [0, 0.05) is 55.4 Å². The van der Waals surface area contributed by atoms with E-state index in [1.807, 2.05) is 35.7 Å². The van der Waals surface area contributed by atoms with Crippen molar-refractivity contribution in [3.8, 4) is 50.8 Å². The van der Waals surface area contributed by atoms with Crippen LogP contribution in [0.2, 0.25) is 0 Å². The summed E-state index contributed by atoms with van der Waals surface area (Å²) >= 11 is 9.76. The molecule has 4 nitrogen and oxygen atoms in total. The minimum absolute atomic E-state index is 0.0331. The lowest BCUT2D eigenvalue weighted by Crippen LogP contribution is -2.25. The Bertz CT molecular complexity index is 3750. The van der Waals surface area contributed by atoms with Gasteiger partial charge in [-0.2, -0.15) is 17.5 Å². The third-order valence-corrected chi connectivity index (χ3v) is 31.2. The minimum atomic E-state index is -0.277. The van der Waals surface area contributed by atoms with Gasteiger partial charge in [-0.1, -0.05) is 387 Å². The van der Waals surface area contributed by atoms with Gasteiger partial charge in [-0.3, -0.25) is 0 Å². The molecule has 2 aliphatic rings. The Labute approximate surface area is 681 Å². The highest BCUT2D eigenvalue weighted by atomic mass is 32.1. The van der Waals surface area contributed by atoms with Gasteiger partial charge in [0.2, 0.25) is 0 Å². The largest absolute Gasteiger partial charge is 0.206 e. The molecule has 6 aromatic heterocycles. The summed E-state index contributed by atoms with van der Waals surface area (Å²) in [5.74, 6) is -0.438. The standard InChI is InChI=1S/C96H144F2N4S6/c1-7-11-15-19-23-27-31-35-39-43-47-51-55-59-63-95(64-60-56-52-48-44-40-36-32-28-24-20-16-12-8-2)76-68-74(6)103-91(76)92-77(95)70-82(104-92)75-69-81(98)86(90-88(75)100-108-102-90)84-72-79-94(106-84)93-78(71-83(105-93)85-80(97)67-73(5)87-89(85)101-107-99-87)96(79,65-61-57-53-49-45-41-37-33-29-25-21-17-13-9-3)66-62-58-54-50-46-42-38-34-30-26-22-18-14-10-4/h67-72H,7-66H2,1-6H3. The normalized spacial score (nSPS) is 13.5. The van der Waals surface area contributed by atoms with E-state index in [2.05, 4.69) is 58.9 Å². The first kappa shape index (κ1) is 87.1. The molecule has 0 N–H and O–H groups in total. The summed E-state index contributed by atoms with van der Waals surface area (Å²) in [5, 5.41) is 0. The Morgan fingerprint density at radius 1 is 0.259 bits per heavy atom. The van der Waals surface area contributed by atoms with E-state index in [0.29, 0.717) is 22.2 Å². The van der Waals surface area contributed by atoms with Crippen LogP contribution in [0.1, 0.15) is 446 Å². The van der Waals surface area contributed by atoms with Crippen molar-refractivity contribution in [1.82, 2.24) is 17.5 Å². The third-order valence-electron chi connectivity index (χ3n) is 25.3. The van der Waals surface area contributed by atoms with Gasteiger partial charge in [-0.25, -0.2) is 8.78 Å². The first-order valence-electron chi connectivity index (χ1n) is 45.6. The molecule has 108 heavy (non-hydrogen) atoms. The molecule has 0 atom stereocenters. The van der Waals surface area contributed by atoms with E-state index < -0.39 is 0 Å². The lowest BCUT2D eigenvalue weighted by Gasteiger charge is -2.31. The van der Waals surface area contributed by atoms with Gasteiger partial charge in [0.25, 0.3) is 0 Å². The maximum absolute atomic E-state index is 18.3. The van der Waals surface area contributed by atoms with Crippen molar-refractivity contribution in [2.45, 2.75) is 438 Å². The summed E-state index contributed by atoms with van der Waals surface area (Å²) in [4.78, 5) is 9.75. The van der Waals surface area contributed by atoms with Crippen LogP contribution in [0.5, 0.6) is 0 Å². The van der Waals surface area contributed by atoms with Gasteiger partial charge >= 0.3 is 0 Å². The molecular weight excluding hydrogens is 1440 g/mol. The number of aromatic nitrogens is 4. The molecule has 0 saturated carbocycles. The van der Waals surface area contributed by atoms with Gasteiger partial charge in [0.15, 0.2) is 0 Å². The lowest BCUT2D eigenvalue weighted by atomic mass is 9.71. The molecule has 0 spiro atoms. The number of thiophene rings is 4. The maximum Gasteiger partial charge on any atom is 0.134 e. The number of unbranched alkanes of at least 4 members (excludes halogenated alkanes) is 52. The number of aryl methyl sites for hydroxylation is 2. The van der Waals surface area contributed by atoms with Crippen molar-refractivity contribution in [2.24, 2.45) is 0 Å². The molecule has 0 saturated heterocycles. The van der Waals surface area contributed by atoms with Crippen LogP contribution in [-0.4, -0.2) is 17.5 Å². The molecule has 8 aromatic rings. The zero-order chi connectivity index (χ0) is 75.4. The van der Waals surface area contributed by atoms with E-state index >= 15 is 8.78 Å². The summed E-state index contributed by atoms with van der Waals surface area (Å²) in [6.07, 6.45) is 80.0. The molecule has 0 unspecified atom stereocenters. The molecule has 0 bridgehead atoms. The molecule has 0 amide bonds. The smallest absolute Gasteiger partial charge is 0.134 e. The first-order chi connectivity index (χ1) is 53.2. The topological polar surface area (TPSA) is 51.6 Å². The summed E-state index contributed by atoms with van der Waals surface area (Å²) in [7, 11) is 0. The van der Waals surface area contributed by atoms with E-state index in [1.165, 1.54) is 424 Å². The quantitative estimate of drug-likeness (QED) is 0.0357. The van der Waals surface area contributed by atoms with Gasteiger partial charge in [-0.15, -0.1) is 45.3 Å². The number of hydrogen-bond acceptors (Lipinski definition) is 10. The highest BCUT2D eigenvalue weighted by Gasteiger charge is 2.48. The lowest BCUT2D eigenvalue weighted by molar-refractivity contribution is 0.397. The van der Waals surface area contributed by atoms with Crippen molar-refractivity contribution < 1.29 is 8.78 Å². The van der Waals surface area contributed by atoms with Crippen LogP contribution >= 0.6 is 68.8 Å². The van der Waals surface area contributed by atoms with Crippen LogP contribution in [0.3, 0.4) is 0 Å². The van der Waals surface area contributed by atoms with Gasteiger partial charge < -0.3 is 0 Å². The second kappa shape index (κ2) is 48.2. The van der Waals surface area contributed by atoms with E-state index in [0.717, 1.165) is 62.5 Å². The summed E-state index contributed by atoms with van der Waals surface area (Å²) < 4.78 is 54.9. The van der Waals surface area contributed by atoms with Crippen LogP contribution < -0.4 is 0 Å². The Balaban J connectivity index is 0.902. The van der Waals surface area contributed by atoms with Gasteiger partial charge in [0.05, 0.1) is 34.6 Å². The molecule has 2 aromatic carbocycles. The Morgan fingerprint density at radius 2 is 0.500 bits per heavy atom. The van der Waals surface area contributed by atoms with Crippen LogP contribution in [0, 0.1) is 25.5 Å². The predicted molar refractivity (Wildman–Crippen MR) is 478 cm³/mol. The minimum Gasteiger partial charge on any atom is -0.206 e. The fourth-order valence-corrected chi connectivity index (χ4v) is 25.4. The number of halogens is 2. The summed E-state index contributed by atoms with van der Waals surface area (Å²) in [6, 6.07) is 13.4. The SMILES string of the molecule is CCCCCCCCCCCCCCCCC1(CCCCCCCCCCCCCCCC)c2cc(C)sc2-c2sc(-c3cc(F)c(-c4cc5c(s4)-c4sc(-c6c(F)cc(C)c7nsnc67)cc4C5(CCCCCCCCCCCCCCCC)CCCCCCCCCCCCCCCC)c4nsnc34)cc21. The van der Waals surface area contributed by atoms with Gasteiger partial charge in [-0.05, 0) is 104 Å². The molecule has 6 heterocycles. The molecule has 10 rings (SSSR count). The highest BCUT2D eigenvalue weighted by molar-refractivity contribution is 7.26. The van der Waals surface area contributed by atoms with Crippen LogP contribution in [-0.2, 0) is 10.8 Å².